The van der Waals surface area contributed by atoms with Crippen molar-refractivity contribution in [1.29, 1.82) is 0 Å². The van der Waals surface area contributed by atoms with E-state index in [0.717, 1.165) is 12.8 Å². The predicted molar refractivity (Wildman–Crippen MR) is 77.9 cm³/mol. The van der Waals surface area contributed by atoms with Gasteiger partial charge >= 0.3 is 6.03 Å². The van der Waals surface area contributed by atoms with Gasteiger partial charge in [-0.15, -0.1) is 0 Å². The number of nitrogens with zero attached hydrogens (tertiary/aromatic N) is 1. The molecule has 4 amide bonds. The maximum absolute atomic E-state index is 11.5. The average molecular weight is 287 g/mol. The zero-order valence-corrected chi connectivity index (χ0v) is 11.7. The summed E-state index contributed by atoms with van der Waals surface area (Å²) in [5.74, 6) is -2.31. The molecule has 0 aliphatic carbocycles. The third kappa shape index (κ3) is 4.24. The first-order valence-electron chi connectivity index (χ1n) is 6.79. The minimum atomic E-state index is -1.04. The standard InChI is InChI=1S/C15H17N3O3/c1-10(7-8-11-5-3-2-4-6-11)16-9-12-13(19)17-15(21)18-14(12)20/h2-6,9-10,12H,7-8H2,1H3,(H2,17,18,19,20,21)/t10-/m1/s1. The van der Waals surface area contributed by atoms with Gasteiger partial charge < -0.3 is 0 Å². The van der Waals surface area contributed by atoms with E-state index in [1.807, 2.05) is 47.9 Å². The maximum Gasteiger partial charge on any atom is 0.328 e. The molecule has 1 aromatic rings. The number of hydrogen-bond acceptors (Lipinski definition) is 4. The summed E-state index contributed by atoms with van der Waals surface area (Å²) in [6.07, 6.45) is 3.00. The number of benzene rings is 1. The molecule has 110 valence electrons. The summed E-state index contributed by atoms with van der Waals surface area (Å²) >= 11 is 0. The molecule has 0 unspecified atom stereocenters. The molecule has 0 spiro atoms. The van der Waals surface area contributed by atoms with Crippen molar-refractivity contribution >= 4 is 24.1 Å². The monoisotopic (exact) mass is 287 g/mol. The molecular formula is C15H17N3O3. The van der Waals surface area contributed by atoms with Crippen LogP contribution < -0.4 is 10.6 Å². The van der Waals surface area contributed by atoms with Crippen molar-refractivity contribution in [3.63, 3.8) is 0 Å². The number of carbonyl (C=O) groups excluding carboxylic acids is 3. The van der Waals surface area contributed by atoms with E-state index < -0.39 is 23.8 Å². The van der Waals surface area contributed by atoms with Crippen LogP contribution in [0.25, 0.3) is 0 Å². The number of aliphatic imine (C=N–C) groups is 1. The highest BCUT2D eigenvalue weighted by Gasteiger charge is 2.32. The van der Waals surface area contributed by atoms with Crippen LogP contribution in [0.3, 0.4) is 0 Å². The van der Waals surface area contributed by atoms with Gasteiger partial charge in [0.05, 0.1) is 0 Å². The Hall–Kier alpha value is -2.50. The third-order valence-corrected chi connectivity index (χ3v) is 3.22. The van der Waals surface area contributed by atoms with Crippen molar-refractivity contribution < 1.29 is 14.4 Å². The van der Waals surface area contributed by atoms with Crippen molar-refractivity contribution in [1.82, 2.24) is 10.6 Å². The van der Waals surface area contributed by atoms with E-state index in [-0.39, 0.29) is 6.04 Å². The number of amides is 4. The normalized spacial score (nSPS) is 17.7. The van der Waals surface area contributed by atoms with E-state index in [4.69, 9.17) is 0 Å². The van der Waals surface area contributed by atoms with Crippen LogP contribution in [-0.4, -0.2) is 30.1 Å². The number of urea groups is 1. The largest absolute Gasteiger partial charge is 0.328 e. The minimum absolute atomic E-state index is 0.0107. The van der Waals surface area contributed by atoms with Gasteiger partial charge in [-0.05, 0) is 25.3 Å². The molecule has 0 saturated carbocycles. The molecule has 21 heavy (non-hydrogen) atoms. The molecule has 0 bridgehead atoms. The van der Waals surface area contributed by atoms with E-state index in [9.17, 15) is 14.4 Å². The number of rotatable bonds is 5. The molecule has 1 aliphatic heterocycles. The Labute approximate surface area is 122 Å². The highest BCUT2D eigenvalue weighted by molar-refractivity contribution is 6.23. The second-order valence-electron chi connectivity index (χ2n) is 4.96. The van der Waals surface area contributed by atoms with Crippen LogP contribution in [0.2, 0.25) is 0 Å². The molecule has 2 rings (SSSR count). The SMILES string of the molecule is C[C@H](CCc1ccccc1)N=CC1C(=O)NC(=O)NC1=O. The van der Waals surface area contributed by atoms with Crippen LogP contribution in [0.5, 0.6) is 0 Å². The van der Waals surface area contributed by atoms with Crippen LogP contribution in [0.1, 0.15) is 18.9 Å². The highest BCUT2D eigenvalue weighted by Crippen LogP contribution is 2.08. The predicted octanol–water partition coefficient (Wildman–Crippen LogP) is 1.06. The lowest BCUT2D eigenvalue weighted by Crippen LogP contribution is -2.56. The summed E-state index contributed by atoms with van der Waals surface area (Å²) in [5, 5.41) is 4.08. The first-order chi connectivity index (χ1) is 10.1. The number of barbiturate groups is 1. The number of nitrogens with one attached hydrogen (secondary N) is 2. The van der Waals surface area contributed by atoms with Crippen molar-refractivity contribution in [2.45, 2.75) is 25.8 Å². The molecule has 1 saturated heterocycles. The number of imide groups is 2. The summed E-state index contributed by atoms with van der Waals surface area (Å²) in [4.78, 5) is 38.2. The second-order valence-corrected chi connectivity index (χ2v) is 4.96. The Bertz CT molecular complexity index is 549. The topological polar surface area (TPSA) is 87.6 Å². The maximum atomic E-state index is 11.5. The molecule has 1 fully saturated rings. The van der Waals surface area contributed by atoms with E-state index in [1.165, 1.54) is 11.8 Å². The van der Waals surface area contributed by atoms with Gasteiger partial charge in [-0.2, -0.15) is 0 Å². The molecule has 1 aromatic carbocycles. The van der Waals surface area contributed by atoms with Gasteiger partial charge in [-0.25, -0.2) is 4.79 Å². The van der Waals surface area contributed by atoms with Gasteiger partial charge in [0, 0.05) is 12.3 Å². The Balaban J connectivity index is 1.87. The minimum Gasteiger partial charge on any atom is -0.293 e. The van der Waals surface area contributed by atoms with E-state index in [0.29, 0.717) is 0 Å². The fourth-order valence-corrected chi connectivity index (χ4v) is 1.99. The van der Waals surface area contributed by atoms with Gasteiger partial charge in [-0.3, -0.25) is 25.2 Å². The lowest BCUT2D eigenvalue weighted by Gasteiger charge is -2.17. The molecule has 1 aliphatic rings. The molecule has 1 heterocycles. The quantitative estimate of drug-likeness (QED) is 0.627. The van der Waals surface area contributed by atoms with Crippen LogP contribution in [0.15, 0.2) is 35.3 Å². The average Bonchev–Trinajstić information content (AvgIpc) is 2.45. The van der Waals surface area contributed by atoms with E-state index in [1.54, 1.807) is 0 Å². The molecule has 6 nitrogen and oxygen atoms in total. The molecule has 6 heteroatoms. The van der Waals surface area contributed by atoms with Gasteiger partial charge in [0.25, 0.3) is 0 Å². The second kappa shape index (κ2) is 6.78. The Morgan fingerprint density at radius 3 is 2.38 bits per heavy atom. The van der Waals surface area contributed by atoms with Gasteiger partial charge in [0.15, 0.2) is 5.92 Å². The number of hydrogen-bond donors (Lipinski definition) is 2. The van der Waals surface area contributed by atoms with Crippen molar-refractivity contribution in [3.05, 3.63) is 35.9 Å². The summed E-state index contributed by atoms with van der Waals surface area (Å²) in [7, 11) is 0. The van der Waals surface area contributed by atoms with Crippen LogP contribution in [-0.2, 0) is 16.0 Å². The molecular weight excluding hydrogens is 270 g/mol. The molecule has 1 atom stereocenters. The Morgan fingerprint density at radius 2 is 1.76 bits per heavy atom. The third-order valence-electron chi connectivity index (χ3n) is 3.22. The van der Waals surface area contributed by atoms with Crippen LogP contribution in [0.4, 0.5) is 4.79 Å². The lowest BCUT2D eigenvalue weighted by molar-refractivity contribution is -0.132. The first-order valence-corrected chi connectivity index (χ1v) is 6.79. The van der Waals surface area contributed by atoms with Crippen LogP contribution >= 0.6 is 0 Å². The fraction of sp³-hybridized carbons (Fsp3) is 0.333. The summed E-state index contributed by atoms with van der Waals surface area (Å²) in [6.45, 7) is 1.92. The zero-order valence-electron chi connectivity index (χ0n) is 11.7. The molecule has 2 N–H and O–H groups in total. The zero-order chi connectivity index (χ0) is 15.2. The summed E-state index contributed by atoms with van der Waals surface area (Å²) in [6, 6.07) is 9.23. The van der Waals surface area contributed by atoms with Gasteiger partial charge in [0.2, 0.25) is 11.8 Å². The highest BCUT2D eigenvalue weighted by atomic mass is 16.2. The molecule has 0 aromatic heterocycles. The lowest BCUT2D eigenvalue weighted by atomic mass is 10.1. The van der Waals surface area contributed by atoms with Gasteiger partial charge in [-0.1, -0.05) is 30.3 Å². The van der Waals surface area contributed by atoms with E-state index >= 15 is 0 Å². The Morgan fingerprint density at radius 1 is 1.14 bits per heavy atom. The summed E-state index contributed by atoms with van der Waals surface area (Å²) in [5.41, 5.74) is 1.22. The summed E-state index contributed by atoms with van der Waals surface area (Å²) < 4.78 is 0. The Kier molecular flexibility index (Phi) is 4.81. The van der Waals surface area contributed by atoms with Gasteiger partial charge in [0.1, 0.15) is 0 Å². The van der Waals surface area contributed by atoms with Crippen molar-refractivity contribution in [3.8, 4) is 0 Å². The van der Waals surface area contributed by atoms with Crippen molar-refractivity contribution in [2.24, 2.45) is 10.9 Å². The molecule has 0 radical (unpaired) electrons. The van der Waals surface area contributed by atoms with E-state index in [2.05, 4.69) is 4.99 Å². The number of carbonyl (C=O) groups is 3. The van der Waals surface area contributed by atoms with Crippen molar-refractivity contribution in [2.75, 3.05) is 0 Å². The van der Waals surface area contributed by atoms with Crippen LogP contribution in [0, 0.1) is 5.92 Å². The smallest absolute Gasteiger partial charge is 0.293 e. The first kappa shape index (κ1) is 14.9. The fourth-order valence-electron chi connectivity index (χ4n) is 1.99. The number of aryl methyl sites for hydroxylation is 1.